The Labute approximate surface area is 93.6 Å². The monoisotopic (exact) mass is 252 g/mol. The van der Waals surface area contributed by atoms with Gasteiger partial charge in [0.2, 0.25) is 0 Å². The molecule has 16 heavy (non-hydrogen) atoms. The van der Waals surface area contributed by atoms with Gasteiger partial charge in [0.1, 0.15) is 0 Å². The number of aldehydes is 1. The van der Waals surface area contributed by atoms with Gasteiger partial charge in [0.25, 0.3) is 0 Å². The lowest BCUT2D eigenvalue weighted by atomic mass is 9.76. The number of carbonyl (C=O) groups is 1. The Hall–Kier alpha value is -1.05. The molecule has 0 heterocycles. The summed E-state index contributed by atoms with van der Waals surface area (Å²) in [6, 6.07) is 1.18. The van der Waals surface area contributed by atoms with Gasteiger partial charge in [0, 0.05) is 5.56 Å². The first kappa shape index (κ1) is 13.0. The Balaban J connectivity index is 3.49. The highest BCUT2D eigenvalue weighted by molar-refractivity contribution is 6.59. The molecule has 0 bridgehead atoms. The van der Waals surface area contributed by atoms with E-state index >= 15 is 0 Å². The zero-order valence-corrected chi connectivity index (χ0v) is 8.38. The average Bonchev–Trinajstić information content (AvgIpc) is 2.15. The van der Waals surface area contributed by atoms with E-state index in [-0.39, 0.29) is 16.9 Å². The standard InChI is InChI=1S/C8H5BClF3O3/c10-7-2-6(9(15)16)5(8(11,12)13)1-4(7)3-14/h1-3,15-16H. The van der Waals surface area contributed by atoms with Gasteiger partial charge in [0.15, 0.2) is 6.29 Å². The Morgan fingerprint density at radius 3 is 2.25 bits per heavy atom. The van der Waals surface area contributed by atoms with Crippen LogP contribution in [-0.2, 0) is 6.18 Å². The summed E-state index contributed by atoms with van der Waals surface area (Å²) >= 11 is 5.47. The van der Waals surface area contributed by atoms with Gasteiger partial charge in [-0.3, -0.25) is 4.79 Å². The summed E-state index contributed by atoms with van der Waals surface area (Å²) in [7, 11) is -2.31. The molecule has 0 unspecified atom stereocenters. The lowest BCUT2D eigenvalue weighted by Crippen LogP contribution is -2.36. The predicted octanol–water partition coefficient (Wildman–Crippen LogP) is 0.851. The molecule has 0 fully saturated rings. The van der Waals surface area contributed by atoms with Crippen molar-refractivity contribution in [1.82, 2.24) is 0 Å². The largest absolute Gasteiger partial charge is 0.489 e. The smallest absolute Gasteiger partial charge is 0.423 e. The van der Waals surface area contributed by atoms with Crippen molar-refractivity contribution < 1.29 is 28.0 Å². The van der Waals surface area contributed by atoms with Gasteiger partial charge in [-0.2, -0.15) is 13.2 Å². The maximum atomic E-state index is 12.5. The number of hydrogen-bond acceptors (Lipinski definition) is 3. The van der Waals surface area contributed by atoms with Crippen molar-refractivity contribution in [3.05, 3.63) is 28.3 Å². The molecular formula is C8H5BClF3O3. The van der Waals surface area contributed by atoms with E-state index < -0.39 is 24.3 Å². The van der Waals surface area contributed by atoms with Crippen molar-refractivity contribution in [2.45, 2.75) is 6.18 Å². The number of benzene rings is 1. The second-order valence-electron chi connectivity index (χ2n) is 2.95. The van der Waals surface area contributed by atoms with Crippen LogP contribution in [0.2, 0.25) is 5.02 Å². The maximum Gasteiger partial charge on any atom is 0.489 e. The van der Waals surface area contributed by atoms with Crippen LogP contribution in [-0.4, -0.2) is 23.5 Å². The van der Waals surface area contributed by atoms with Crippen LogP contribution in [0.25, 0.3) is 0 Å². The van der Waals surface area contributed by atoms with Gasteiger partial charge in [-0.25, -0.2) is 0 Å². The van der Waals surface area contributed by atoms with Crippen molar-refractivity contribution >= 4 is 30.5 Å². The molecular weight excluding hydrogens is 247 g/mol. The summed E-state index contributed by atoms with van der Waals surface area (Å²) in [6.45, 7) is 0. The van der Waals surface area contributed by atoms with Gasteiger partial charge >= 0.3 is 13.3 Å². The second kappa shape index (κ2) is 4.44. The zero-order chi connectivity index (χ0) is 12.5. The highest BCUT2D eigenvalue weighted by Gasteiger charge is 2.37. The Morgan fingerprint density at radius 1 is 1.31 bits per heavy atom. The molecule has 1 aromatic rings. The average molecular weight is 252 g/mol. The van der Waals surface area contributed by atoms with E-state index in [1.165, 1.54) is 0 Å². The highest BCUT2D eigenvalue weighted by atomic mass is 35.5. The fourth-order valence-electron chi connectivity index (χ4n) is 1.15. The van der Waals surface area contributed by atoms with Crippen molar-refractivity contribution in [1.29, 1.82) is 0 Å². The van der Waals surface area contributed by atoms with Crippen LogP contribution in [0.5, 0.6) is 0 Å². The number of alkyl halides is 3. The molecule has 0 amide bonds. The summed E-state index contributed by atoms with van der Waals surface area (Å²) < 4.78 is 37.4. The lowest BCUT2D eigenvalue weighted by molar-refractivity contribution is -0.136. The normalized spacial score (nSPS) is 11.4. The molecule has 0 spiro atoms. The van der Waals surface area contributed by atoms with E-state index in [1.54, 1.807) is 0 Å². The van der Waals surface area contributed by atoms with Crippen molar-refractivity contribution in [2.75, 3.05) is 0 Å². The third-order valence-electron chi connectivity index (χ3n) is 1.88. The molecule has 8 heteroatoms. The van der Waals surface area contributed by atoms with Crippen molar-refractivity contribution in [2.24, 2.45) is 0 Å². The van der Waals surface area contributed by atoms with Crippen LogP contribution in [0, 0.1) is 0 Å². The van der Waals surface area contributed by atoms with E-state index in [1.807, 2.05) is 0 Å². The minimum Gasteiger partial charge on any atom is -0.423 e. The Kier molecular flexibility index (Phi) is 3.62. The molecule has 1 rings (SSSR count). The van der Waals surface area contributed by atoms with Gasteiger partial charge in [0.05, 0.1) is 10.6 Å². The summed E-state index contributed by atoms with van der Waals surface area (Å²) in [4.78, 5) is 10.4. The van der Waals surface area contributed by atoms with Gasteiger partial charge in [-0.1, -0.05) is 11.6 Å². The number of hydrogen-bond donors (Lipinski definition) is 2. The van der Waals surface area contributed by atoms with Crippen LogP contribution in [0.4, 0.5) is 13.2 Å². The molecule has 0 aliphatic carbocycles. The summed E-state index contributed by atoms with van der Waals surface area (Å²) in [5.41, 5.74) is -2.45. The molecule has 2 N–H and O–H groups in total. The molecule has 0 radical (unpaired) electrons. The molecule has 0 aromatic heterocycles. The first-order valence-electron chi connectivity index (χ1n) is 3.99. The third-order valence-corrected chi connectivity index (χ3v) is 2.21. The van der Waals surface area contributed by atoms with Crippen LogP contribution in [0.3, 0.4) is 0 Å². The fourth-order valence-corrected chi connectivity index (χ4v) is 1.37. The first-order chi connectivity index (χ1) is 7.27. The number of rotatable bonds is 2. The molecule has 1 aromatic carbocycles. The van der Waals surface area contributed by atoms with E-state index in [0.29, 0.717) is 12.1 Å². The Bertz CT molecular complexity index is 420. The lowest BCUT2D eigenvalue weighted by Gasteiger charge is -2.13. The topological polar surface area (TPSA) is 57.5 Å². The van der Waals surface area contributed by atoms with Gasteiger partial charge in [-0.15, -0.1) is 0 Å². The summed E-state index contributed by atoms with van der Waals surface area (Å²) in [6.07, 6.45) is -4.63. The Morgan fingerprint density at radius 2 is 1.88 bits per heavy atom. The molecule has 0 saturated heterocycles. The highest BCUT2D eigenvalue weighted by Crippen LogP contribution is 2.30. The quantitative estimate of drug-likeness (QED) is 0.606. The molecule has 0 atom stereocenters. The molecule has 86 valence electrons. The van der Waals surface area contributed by atoms with E-state index in [0.717, 1.165) is 0 Å². The maximum absolute atomic E-state index is 12.5. The van der Waals surface area contributed by atoms with E-state index in [9.17, 15) is 18.0 Å². The van der Waals surface area contributed by atoms with Crippen LogP contribution in [0.1, 0.15) is 15.9 Å². The van der Waals surface area contributed by atoms with Crippen molar-refractivity contribution in [3.8, 4) is 0 Å². The first-order valence-corrected chi connectivity index (χ1v) is 4.37. The zero-order valence-electron chi connectivity index (χ0n) is 7.62. The minimum atomic E-state index is -4.79. The fraction of sp³-hybridized carbons (Fsp3) is 0.125. The number of carbonyl (C=O) groups excluding carboxylic acids is 1. The minimum absolute atomic E-state index is 0.158. The van der Waals surface area contributed by atoms with E-state index in [4.69, 9.17) is 21.6 Å². The molecule has 3 nitrogen and oxygen atoms in total. The number of halogens is 4. The second-order valence-corrected chi connectivity index (χ2v) is 3.36. The predicted molar refractivity (Wildman–Crippen MR) is 51.7 cm³/mol. The van der Waals surface area contributed by atoms with E-state index in [2.05, 4.69) is 0 Å². The SMILES string of the molecule is O=Cc1cc(C(F)(F)F)c(B(O)O)cc1Cl. The van der Waals surface area contributed by atoms with Crippen LogP contribution in [0.15, 0.2) is 12.1 Å². The third kappa shape index (κ3) is 2.55. The molecule has 0 aliphatic heterocycles. The van der Waals surface area contributed by atoms with Crippen LogP contribution < -0.4 is 5.46 Å². The van der Waals surface area contributed by atoms with Gasteiger partial charge in [-0.05, 0) is 17.6 Å². The summed E-state index contributed by atoms with van der Waals surface area (Å²) in [5, 5.41) is 17.3. The van der Waals surface area contributed by atoms with Crippen molar-refractivity contribution in [3.63, 3.8) is 0 Å². The van der Waals surface area contributed by atoms with Gasteiger partial charge < -0.3 is 10.0 Å². The summed E-state index contributed by atoms with van der Waals surface area (Å²) in [5.74, 6) is 0. The molecule has 0 aliphatic rings. The molecule has 0 saturated carbocycles. The van der Waals surface area contributed by atoms with Crippen LogP contribution >= 0.6 is 11.6 Å².